The van der Waals surface area contributed by atoms with Crippen molar-refractivity contribution >= 4 is 40.5 Å². The molecule has 0 aromatic heterocycles. The van der Waals surface area contributed by atoms with E-state index in [1.54, 1.807) is 12.1 Å². The SMILES string of the molecule is COc1ccc(Cl)cc1C(=O)Nc1ccc([N+](=O)[O-])cc1Cl. The number of ether oxygens (including phenoxy) is 1. The summed E-state index contributed by atoms with van der Waals surface area (Å²) in [6.45, 7) is 0. The maximum Gasteiger partial charge on any atom is 0.271 e. The molecule has 0 fully saturated rings. The maximum absolute atomic E-state index is 12.3. The van der Waals surface area contributed by atoms with E-state index in [-0.39, 0.29) is 22.0 Å². The Hall–Kier alpha value is -2.31. The van der Waals surface area contributed by atoms with Gasteiger partial charge < -0.3 is 10.1 Å². The Kier molecular flexibility index (Phi) is 4.85. The second-order valence-corrected chi connectivity index (χ2v) is 5.06. The molecule has 0 unspecified atom stereocenters. The molecule has 2 aromatic rings. The average Bonchev–Trinajstić information content (AvgIpc) is 2.48. The lowest BCUT2D eigenvalue weighted by atomic mass is 10.1. The van der Waals surface area contributed by atoms with Gasteiger partial charge in [0.15, 0.2) is 0 Å². The summed E-state index contributed by atoms with van der Waals surface area (Å²) >= 11 is 11.8. The van der Waals surface area contributed by atoms with E-state index in [1.807, 2.05) is 0 Å². The minimum Gasteiger partial charge on any atom is -0.496 e. The lowest BCUT2D eigenvalue weighted by Crippen LogP contribution is -2.13. The van der Waals surface area contributed by atoms with E-state index in [0.29, 0.717) is 10.8 Å². The van der Waals surface area contributed by atoms with Gasteiger partial charge in [-0.3, -0.25) is 14.9 Å². The van der Waals surface area contributed by atoms with Gasteiger partial charge in [0.25, 0.3) is 11.6 Å². The molecule has 0 heterocycles. The molecule has 2 rings (SSSR count). The van der Waals surface area contributed by atoms with E-state index < -0.39 is 10.8 Å². The number of non-ortho nitro benzene ring substituents is 1. The van der Waals surface area contributed by atoms with Gasteiger partial charge in [0.05, 0.1) is 28.3 Å². The van der Waals surface area contributed by atoms with Crippen LogP contribution in [0.4, 0.5) is 11.4 Å². The van der Waals surface area contributed by atoms with E-state index in [2.05, 4.69) is 5.32 Å². The number of nitro benzene ring substituents is 1. The Morgan fingerprint density at radius 1 is 1.23 bits per heavy atom. The highest BCUT2D eigenvalue weighted by Crippen LogP contribution is 2.29. The van der Waals surface area contributed by atoms with Crippen molar-refractivity contribution in [2.45, 2.75) is 0 Å². The second kappa shape index (κ2) is 6.64. The number of carbonyl (C=O) groups is 1. The van der Waals surface area contributed by atoms with Crippen LogP contribution in [0.1, 0.15) is 10.4 Å². The molecule has 0 bridgehead atoms. The van der Waals surface area contributed by atoms with E-state index >= 15 is 0 Å². The molecule has 8 heteroatoms. The monoisotopic (exact) mass is 340 g/mol. The first-order valence-electron chi connectivity index (χ1n) is 6.01. The Bertz CT molecular complexity index is 750. The Morgan fingerprint density at radius 2 is 1.95 bits per heavy atom. The predicted molar refractivity (Wildman–Crippen MR) is 84.1 cm³/mol. The minimum absolute atomic E-state index is 0.0588. The molecule has 2 aromatic carbocycles. The van der Waals surface area contributed by atoms with Crippen LogP contribution in [0.5, 0.6) is 5.75 Å². The maximum atomic E-state index is 12.3. The van der Waals surface area contributed by atoms with Crippen molar-refractivity contribution < 1.29 is 14.5 Å². The van der Waals surface area contributed by atoms with Crippen molar-refractivity contribution in [1.82, 2.24) is 0 Å². The zero-order chi connectivity index (χ0) is 16.3. The normalized spacial score (nSPS) is 10.1. The Balaban J connectivity index is 2.29. The molecule has 6 nitrogen and oxygen atoms in total. The third kappa shape index (κ3) is 3.47. The number of anilines is 1. The van der Waals surface area contributed by atoms with Crippen LogP contribution in [0.25, 0.3) is 0 Å². The van der Waals surface area contributed by atoms with Gasteiger partial charge >= 0.3 is 0 Å². The summed E-state index contributed by atoms with van der Waals surface area (Å²) in [7, 11) is 1.43. The van der Waals surface area contributed by atoms with Gasteiger partial charge in [-0.1, -0.05) is 23.2 Å². The summed E-state index contributed by atoms with van der Waals surface area (Å²) in [4.78, 5) is 22.4. The fourth-order valence-electron chi connectivity index (χ4n) is 1.77. The molecule has 0 aliphatic carbocycles. The average molecular weight is 341 g/mol. The fraction of sp³-hybridized carbons (Fsp3) is 0.0714. The number of rotatable bonds is 4. The molecule has 0 spiro atoms. The molecular weight excluding hydrogens is 331 g/mol. The molecular formula is C14H10Cl2N2O4. The van der Waals surface area contributed by atoms with Gasteiger partial charge in [0, 0.05) is 17.2 Å². The van der Waals surface area contributed by atoms with Crippen LogP contribution in [-0.2, 0) is 0 Å². The van der Waals surface area contributed by atoms with Crippen molar-refractivity contribution in [1.29, 1.82) is 0 Å². The summed E-state index contributed by atoms with van der Waals surface area (Å²) in [6, 6.07) is 8.37. The number of nitrogens with zero attached hydrogens (tertiary/aromatic N) is 1. The van der Waals surface area contributed by atoms with Gasteiger partial charge in [0.2, 0.25) is 0 Å². The van der Waals surface area contributed by atoms with Crippen molar-refractivity contribution in [2.24, 2.45) is 0 Å². The molecule has 0 saturated heterocycles. The van der Waals surface area contributed by atoms with Crippen molar-refractivity contribution in [3.8, 4) is 5.75 Å². The molecule has 0 radical (unpaired) electrons. The molecule has 0 aliphatic heterocycles. The van der Waals surface area contributed by atoms with Gasteiger partial charge in [-0.2, -0.15) is 0 Å². The number of nitro groups is 1. The predicted octanol–water partition coefficient (Wildman–Crippen LogP) is 4.16. The molecule has 1 N–H and O–H groups in total. The van der Waals surface area contributed by atoms with E-state index in [4.69, 9.17) is 27.9 Å². The number of hydrogen-bond acceptors (Lipinski definition) is 4. The lowest BCUT2D eigenvalue weighted by molar-refractivity contribution is -0.384. The second-order valence-electron chi connectivity index (χ2n) is 4.22. The van der Waals surface area contributed by atoms with Gasteiger partial charge in [-0.25, -0.2) is 0 Å². The summed E-state index contributed by atoms with van der Waals surface area (Å²) in [5, 5.41) is 13.7. The molecule has 1 amide bonds. The third-order valence-corrected chi connectivity index (χ3v) is 3.37. The number of hydrogen-bond donors (Lipinski definition) is 1. The van der Waals surface area contributed by atoms with Gasteiger partial charge in [-0.05, 0) is 24.3 Å². The molecule has 0 saturated carbocycles. The Morgan fingerprint density at radius 3 is 2.55 bits per heavy atom. The van der Waals surface area contributed by atoms with Crippen LogP contribution in [0, 0.1) is 10.1 Å². The quantitative estimate of drug-likeness (QED) is 0.669. The highest BCUT2D eigenvalue weighted by Gasteiger charge is 2.16. The van der Waals surface area contributed by atoms with Gasteiger partial charge in [0.1, 0.15) is 5.75 Å². The Labute approximate surface area is 135 Å². The molecule has 0 atom stereocenters. The highest BCUT2D eigenvalue weighted by atomic mass is 35.5. The molecule has 114 valence electrons. The van der Waals surface area contributed by atoms with Crippen LogP contribution < -0.4 is 10.1 Å². The lowest BCUT2D eigenvalue weighted by Gasteiger charge is -2.10. The minimum atomic E-state index is -0.572. The number of amides is 1. The van der Waals surface area contributed by atoms with Crippen LogP contribution in [0.15, 0.2) is 36.4 Å². The van der Waals surface area contributed by atoms with Crippen LogP contribution >= 0.6 is 23.2 Å². The number of halogens is 2. The largest absolute Gasteiger partial charge is 0.496 e. The van der Waals surface area contributed by atoms with E-state index in [1.165, 1.54) is 25.3 Å². The summed E-state index contributed by atoms with van der Waals surface area (Å²) < 4.78 is 5.10. The number of methoxy groups -OCH3 is 1. The zero-order valence-electron chi connectivity index (χ0n) is 11.3. The summed E-state index contributed by atoms with van der Waals surface area (Å²) in [6.07, 6.45) is 0. The number of carbonyl (C=O) groups excluding carboxylic acids is 1. The van der Waals surface area contributed by atoms with Crippen LogP contribution in [0.3, 0.4) is 0 Å². The van der Waals surface area contributed by atoms with Crippen LogP contribution in [-0.4, -0.2) is 17.9 Å². The topological polar surface area (TPSA) is 81.5 Å². The van der Waals surface area contributed by atoms with E-state index in [9.17, 15) is 14.9 Å². The van der Waals surface area contributed by atoms with Gasteiger partial charge in [-0.15, -0.1) is 0 Å². The molecule has 0 aliphatic rings. The zero-order valence-corrected chi connectivity index (χ0v) is 12.8. The first-order chi connectivity index (χ1) is 10.4. The van der Waals surface area contributed by atoms with Crippen molar-refractivity contribution in [3.63, 3.8) is 0 Å². The van der Waals surface area contributed by atoms with Crippen LogP contribution in [0.2, 0.25) is 10.0 Å². The highest BCUT2D eigenvalue weighted by molar-refractivity contribution is 6.34. The third-order valence-electron chi connectivity index (χ3n) is 2.82. The molecule has 22 heavy (non-hydrogen) atoms. The summed E-state index contributed by atoms with van der Waals surface area (Å²) in [5.41, 5.74) is 0.312. The van der Waals surface area contributed by atoms with Crippen molar-refractivity contribution in [3.05, 3.63) is 62.1 Å². The smallest absolute Gasteiger partial charge is 0.271 e. The van der Waals surface area contributed by atoms with E-state index in [0.717, 1.165) is 6.07 Å². The first-order valence-corrected chi connectivity index (χ1v) is 6.77. The number of benzene rings is 2. The standard InChI is InChI=1S/C14H10Cl2N2O4/c1-22-13-5-2-8(15)6-10(13)14(19)17-12-4-3-9(18(20)21)7-11(12)16/h2-7H,1H3,(H,17,19). The summed E-state index contributed by atoms with van der Waals surface area (Å²) in [5.74, 6) is -0.143. The first kappa shape index (κ1) is 16.1. The number of nitrogens with one attached hydrogen (secondary N) is 1. The van der Waals surface area contributed by atoms with Crippen molar-refractivity contribution in [2.75, 3.05) is 12.4 Å². The fourth-order valence-corrected chi connectivity index (χ4v) is 2.16.